The Morgan fingerprint density at radius 3 is 2.79 bits per heavy atom. The monoisotopic (exact) mass is 219 g/mol. The van der Waals surface area contributed by atoms with Gasteiger partial charge in [0.05, 0.1) is 0 Å². The lowest BCUT2D eigenvalue weighted by atomic mass is 10.2. The largest absolute Gasteiger partial charge is 0.315 e. The second-order valence-electron chi connectivity index (χ2n) is 3.94. The molecule has 0 aromatic carbocycles. The van der Waals surface area contributed by atoms with E-state index >= 15 is 0 Å². The lowest BCUT2D eigenvalue weighted by Crippen LogP contribution is -2.52. The van der Waals surface area contributed by atoms with Gasteiger partial charge in [-0.25, -0.2) is 0 Å². The van der Waals surface area contributed by atoms with E-state index in [1.165, 1.54) is 4.31 Å². The molecule has 2 fully saturated rings. The Kier molecular flexibility index (Phi) is 2.79. The summed E-state index contributed by atoms with van der Waals surface area (Å²) in [6.07, 6.45) is 1.87. The maximum atomic E-state index is 11.9. The first-order valence-corrected chi connectivity index (χ1v) is 6.46. The minimum atomic E-state index is -3.16. The third-order valence-corrected chi connectivity index (χ3v) is 5.03. The van der Waals surface area contributed by atoms with Crippen LogP contribution in [0.3, 0.4) is 0 Å². The van der Waals surface area contributed by atoms with E-state index in [4.69, 9.17) is 0 Å². The van der Waals surface area contributed by atoms with Gasteiger partial charge in [-0.2, -0.15) is 17.0 Å². The Labute approximate surface area is 85.2 Å². The van der Waals surface area contributed by atoms with E-state index in [0.29, 0.717) is 13.1 Å². The van der Waals surface area contributed by atoms with Gasteiger partial charge in [0, 0.05) is 32.7 Å². The second kappa shape index (κ2) is 3.77. The van der Waals surface area contributed by atoms with Crippen molar-refractivity contribution in [1.82, 2.24) is 13.9 Å². The Morgan fingerprint density at radius 1 is 1.36 bits per heavy atom. The number of nitrogens with one attached hydrogen (secondary N) is 1. The van der Waals surface area contributed by atoms with E-state index < -0.39 is 10.2 Å². The molecule has 0 aromatic heterocycles. The maximum Gasteiger partial charge on any atom is 0.282 e. The van der Waals surface area contributed by atoms with Crippen LogP contribution in [-0.2, 0) is 10.2 Å². The van der Waals surface area contributed by atoms with Crippen molar-refractivity contribution in [2.24, 2.45) is 0 Å². The number of rotatable bonds is 1. The third-order valence-electron chi connectivity index (χ3n) is 2.98. The molecule has 0 saturated carbocycles. The average molecular weight is 219 g/mol. The molecule has 14 heavy (non-hydrogen) atoms. The summed E-state index contributed by atoms with van der Waals surface area (Å²) in [6.45, 7) is 3.06. The van der Waals surface area contributed by atoms with Crippen molar-refractivity contribution in [2.45, 2.75) is 18.9 Å². The van der Waals surface area contributed by atoms with Crippen molar-refractivity contribution in [3.63, 3.8) is 0 Å². The molecule has 0 spiro atoms. The second-order valence-corrected chi connectivity index (χ2v) is 5.93. The van der Waals surface area contributed by atoms with Crippen molar-refractivity contribution in [2.75, 3.05) is 33.2 Å². The quantitative estimate of drug-likeness (QED) is 0.630. The highest BCUT2D eigenvalue weighted by Gasteiger charge is 2.36. The fraction of sp³-hybridized carbons (Fsp3) is 1.00. The molecule has 2 rings (SSSR count). The van der Waals surface area contributed by atoms with Crippen LogP contribution in [0, 0.1) is 0 Å². The first kappa shape index (κ1) is 10.4. The molecule has 82 valence electrons. The van der Waals surface area contributed by atoms with Gasteiger partial charge in [0.25, 0.3) is 10.2 Å². The van der Waals surface area contributed by atoms with Crippen molar-refractivity contribution in [1.29, 1.82) is 0 Å². The fourth-order valence-electron chi connectivity index (χ4n) is 2.12. The van der Waals surface area contributed by atoms with Crippen LogP contribution in [0.1, 0.15) is 12.8 Å². The Morgan fingerprint density at radius 2 is 2.14 bits per heavy atom. The van der Waals surface area contributed by atoms with Crippen LogP contribution in [0.5, 0.6) is 0 Å². The summed E-state index contributed by atoms with van der Waals surface area (Å²) >= 11 is 0. The van der Waals surface area contributed by atoms with Crippen molar-refractivity contribution >= 4 is 10.2 Å². The molecule has 0 aromatic rings. The van der Waals surface area contributed by atoms with Crippen LogP contribution in [0.25, 0.3) is 0 Å². The smallest absolute Gasteiger partial charge is 0.282 e. The van der Waals surface area contributed by atoms with Gasteiger partial charge in [-0.1, -0.05) is 0 Å². The van der Waals surface area contributed by atoms with E-state index in [9.17, 15) is 8.42 Å². The topological polar surface area (TPSA) is 52.6 Å². The molecule has 1 atom stereocenters. The fourth-order valence-corrected chi connectivity index (χ4v) is 3.75. The van der Waals surface area contributed by atoms with Gasteiger partial charge in [-0.05, 0) is 19.4 Å². The molecule has 1 unspecified atom stereocenters. The van der Waals surface area contributed by atoms with Crippen LogP contribution < -0.4 is 5.32 Å². The zero-order valence-electron chi connectivity index (χ0n) is 8.44. The molecule has 5 nitrogen and oxygen atoms in total. The normalized spacial score (nSPS) is 34.8. The van der Waals surface area contributed by atoms with E-state index in [0.717, 1.165) is 25.9 Å². The SMILES string of the molecule is CN1CCCN(C2CCNC2)S1(=O)=O. The highest BCUT2D eigenvalue weighted by atomic mass is 32.2. The Hall–Kier alpha value is -0.170. The molecule has 2 aliphatic heterocycles. The van der Waals surface area contributed by atoms with Gasteiger partial charge < -0.3 is 5.32 Å². The molecule has 0 amide bonds. The van der Waals surface area contributed by atoms with Gasteiger partial charge in [0.2, 0.25) is 0 Å². The molecule has 0 bridgehead atoms. The van der Waals surface area contributed by atoms with Gasteiger partial charge in [0.1, 0.15) is 0 Å². The maximum absolute atomic E-state index is 11.9. The standard InChI is InChI=1S/C8H17N3O2S/c1-10-5-2-6-11(14(10,12)13)8-3-4-9-7-8/h8-9H,2-7H2,1H3. The first-order chi connectivity index (χ1) is 6.62. The van der Waals surface area contributed by atoms with Crippen LogP contribution in [0.4, 0.5) is 0 Å². The minimum Gasteiger partial charge on any atom is -0.315 e. The number of hydrogen-bond acceptors (Lipinski definition) is 3. The molecule has 0 aliphatic carbocycles. The van der Waals surface area contributed by atoms with E-state index in [-0.39, 0.29) is 6.04 Å². The summed E-state index contributed by atoms with van der Waals surface area (Å²) < 4.78 is 27.0. The van der Waals surface area contributed by atoms with Gasteiger partial charge in [-0.3, -0.25) is 0 Å². The van der Waals surface area contributed by atoms with Crippen molar-refractivity contribution in [3.8, 4) is 0 Å². The lowest BCUT2D eigenvalue weighted by Gasteiger charge is -2.35. The van der Waals surface area contributed by atoms with Crippen LogP contribution in [-0.4, -0.2) is 56.3 Å². The molecule has 0 radical (unpaired) electrons. The molecule has 2 aliphatic rings. The van der Waals surface area contributed by atoms with E-state index in [1.54, 1.807) is 11.4 Å². The number of nitrogens with zero attached hydrogens (tertiary/aromatic N) is 2. The predicted molar refractivity (Wildman–Crippen MR) is 54.1 cm³/mol. The summed E-state index contributed by atoms with van der Waals surface area (Å²) in [7, 11) is -1.50. The molecule has 2 saturated heterocycles. The molecule has 2 heterocycles. The molecule has 1 N–H and O–H groups in total. The number of hydrogen-bond donors (Lipinski definition) is 1. The molecule has 6 heteroatoms. The minimum absolute atomic E-state index is 0.169. The van der Waals surface area contributed by atoms with E-state index in [1.807, 2.05) is 0 Å². The summed E-state index contributed by atoms with van der Waals surface area (Å²) in [4.78, 5) is 0. The van der Waals surface area contributed by atoms with Gasteiger partial charge in [0.15, 0.2) is 0 Å². The molecular weight excluding hydrogens is 202 g/mol. The summed E-state index contributed by atoms with van der Waals surface area (Å²) in [5, 5.41) is 3.20. The van der Waals surface area contributed by atoms with Crippen molar-refractivity contribution < 1.29 is 8.42 Å². The van der Waals surface area contributed by atoms with Crippen LogP contribution in [0.15, 0.2) is 0 Å². The summed E-state index contributed by atoms with van der Waals surface area (Å²) in [6, 6.07) is 0.169. The summed E-state index contributed by atoms with van der Waals surface area (Å²) in [5.41, 5.74) is 0. The zero-order valence-corrected chi connectivity index (χ0v) is 9.26. The molecular formula is C8H17N3O2S. The first-order valence-electron chi connectivity index (χ1n) is 5.06. The Bertz CT molecular complexity index is 298. The predicted octanol–water partition coefficient (Wildman–Crippen LogP) is -0.769. The lowest BCUT2D eigenvalue weighted by molar-refractivity contribution is 0.263. The van der Waals surface area contributed by atoms with Crippen molar-refractivity contribution in [3.05, 3.63) is 0 Å². The highest BCUT2D eigenvalue weighted by molar-refractivity contribution is 7.86. The summed E-state index contributed by atoms with van der Waals surface area (Å²) in [5.74, 6) is 0. The third kappa shape index (κ3) is 1.67. The average Bonchev–Trinajstić information content (AvgIpc) is 2.62. The zero-order chi connectivity index (χ0) is 10.2. The van der Waals surface area contributed by atoms with E-state index in [2.05, 4.69) is 5.32 Å². The Balaban J connectivity index is 2.16. The highest BCUT2D eigenvalue weighted by Crippen LogP contribution is 2.20. The van der Waals surface area contributed by atoms with Crippen LogP contribution in [0.2, 0.25) is 0 Å². The van der Waals surface area contributed by atoms with Gasteiger partial charge >= 0.3 is 0 Å². The van der Waals surface area contributed by atoms with Gasteiger partial charge in [-0.15, -0.1) is 0 Å². The van der Waals surface area contributed by atoms with Crippen LogP contribution >= 0.6 is 0 Å².